The van der Waals surface area contributed by atoms with Gasteiger partial charge in [0.2, 0.25) is 0 Å². The highest BCUT2D eigenvalue weighted by Gasteiger charge is 2.44. The van der Waals surface area contributed by atoms with E-state index in [2.05, 4.69) is 5.32 Å². The maximum absolute atomic E-state index is 12.8. The van der Waals surface area contributed by atoms with Crippen molar-refractivity contribution in [2.45, 2.75) is 18.4 Å². The fourth-order valence-corrected chi connectivity index (χ4v) is 3.31. The number of para-hydroxylation sites is 1. The summed E-state index contributed by atoms with van der Waals surface area (Å²) in [6.45, 7) is 2.57. The van der Waals surface area contributed by atoms with Crippen LogP contribution < -0.4 is 14.8 Å². The zero-order valence-electron chi connectivity index (χ0n) is 12.7. The Bertz CT molecular complexity index is 652. The SMILES string of the molecule is O=C1NCC2(CCN(C(=O)c3cccc4c3OCCO4)CC2)O1. The summed E-state index contributed by atoms with van der Waals surface area (Å²) in [5, 5.41) is 2.70. The number of benzene rings is 1. The first kappa shape index (κ1) is 14.2. The number of nitrogens with zero attached hydrogens (tertiary/aromatic N) is 1. The number of alkyl carbamates (subject to hydrolysis) is 1. The third-order valence-corrected chi connectivity index (χ3v) is 4.62. The fraction of sp³-hybridized carbons (Fsp3) is 0.500. The predicted octanol–water partition coefficient (Wildman–Crippen LogP) is 1.17. The molecule has 2 amide bonds. The zero-order chi connectivity index (χ0) is 15.9. The Morgan fingerprint density at radius 1 is 1.17 bits per heavy atom. The highest BCUT2D eigenvalue weighted by molar-refractivity contribution is 5.98. The summed E-state index contributed by atoms with van der Waals surface area (Å²) in [6, 6.07) is 5.37. The number of likely N-dealkylation sites (tertiary alicyclic amines) is 1. The monoisotopic (exact) mass is 318 g/mol. The van der Waals surface area contributed by atoms with E-state index in [1.807, 2.05) is 0 Å². The Balaban J connectivity index is 1.50. The highest BCUT2D eigenvalue weighted by atomic mass is 16.6. The topological polar surface area (TPSA) is 77.1 Å². The van der Waals surface area contributed by atoms with E-state index in [1.165, 1.54) is 0 Å². The Labute approximate surface area is 133 Å². The molecule has 0 atom stereocenters. The van der Waals surface area contributed by atoms with Crippen molar-refractivity contribution in [1.82, 2.24) is 10.2 Å². The molecular weight excluding hydrogens is 300 g/mol. The normalized spacial score (nSPS) is 21.7. The molecule has 2 fully saturated rings. The second-order valence-electron chi connectivity index (χ2n) is 6.05. The van der Waals surface area contributed by atoms with E-state index in [-0.39, 0.29) is 12.0 Å². The molecule has 23 heavy (non-hydrogen) atoms. The zero-order valence-corrected chi connectivity index (χ0v) is 12.7. The Morgan fingerprint density at radius 2 is 1.96 bits per heavy atom. The number of nitrogens with one attached hydrogen (secondary N) is 1. The summed E-state index contributed by atoms with van der Waals surface area (Å²) in [5.74, 6) is 1.07. The van der Waals surface area contributed by atoms with Crippen molar-refractivity contribution in [2.24, 2.45) is 0 Å². The molecule has 4 rings (SSSR count). The quantitative estimate of drug-likeness (QED) is 0.841. The number of hydrogen-bond donors (Lipinski definition) is 1. The predicted molar refractivity (Wildman–Crippen MR) is 79.8 cm³/mol. The van der Waals surface area contributed by atoms with Crippen LogP contribution in [0.3, 0.4) is 0 Å². The molecule has 1 spiro atoms. The van der Waals surface area contributed by atoms with Gasteiger partial charge >= 0.3 is 6.09 Å². The van der Waals surface area contributed by atoms with Crippen molar-refractivity contribution in [3.8, 4) is 11.5 Å². The van der Waals surface area contributed by atoms with Crippen LogP contribution in [0, 0.1) is 0 Å². The molecule has 0 aliphatic carbocycles. The lowest BCUT2D eigenvalue weighted by Gasteiger charge is -2.37. The van der Waals surface area contributed by atoms with Crippen molar-refractivity contribution in [3.63, 3.8) is 0 Å². The van der Waals surface area contributed by atoms with Gasteiger partial charge in [0.25, 0.3) is 5.91 Å². The molecule has 3 heterocycles. The van der Waals surface area contributed by atoms with Crippen LogP contribution in [-0.2, 0) is 4.74 Å². The molecule has 7 nitrogen and oxygen atoms in total. The molecule has 0 saturated carbocycles. The minimum atomic E-state index is -0.455. The molecular formula is C16H18N2O5. The fourth-order valence-electron chi connectivity index (χ4n) is 3.31. The second-order valence-corrected chi connectivity index (χ2v) is 6.05. The maximum Gasteiger partial charge on any atom is 0.407 e. The average Bonchev–Trinajstić information content (AvgIpc) is 2.95. The van der Waals surface area contributed by atoms with Gasteiger partial charge in [-0.1, -0.05) is 6.07 Å². The molecule has 1 aromatic carbocycles. The van der Waals surface area contributed by atoms with Crippen LogP contribution in [0.2, 0.25) is 0 Å². The first-order valence-electron chi connectivity index (χ1n) is 7.82. The summed E-state index contributed by atoms with van der Waals surface area (Å²) >= 11 is 0. The summed E-state index contributed by atoms with van der Waals surface area (Å²) in [5.41, 5.74) is 0.0727. The van der Waals surface area contributed by atoms with E-state index in [1.54, 1.807) is 23.1 Å². The van der Waals surface area contributed by atoms with Crippen LogP contribution in [-0.4, -0.2) is 55.3 Å². The Morgan fingerprint density at radius 3 is 2.70 bits per heavy atom. The van der Waals surface area contributed by atoms with Crippen molar-refractivity contribution in [3.05, 3.63) is 23.8 Å². The standard InChI is InChI=1S/C16H18N2O5/c19-14(11-2-1-3-12-13(11)22-9-8-21-12)18-6-4-16(5-7-18)10-17-15(20)23-16/h1-3H,4-10H2,(H,17,20). The van der Waals surface area contributed by atoms with Gasteiger partial charge in [-0.15, -0.1) is 0 Å². The van der Waals surface area contributed by atoms with Gasteiger partial charge in [-0.2, -0.15) is 0 Å². The van der Waals surface area contributed by atoms with Crippen LogP contribution in [0.4, 0.5) is 4.79 Å². The minimum Gasteiger partial charge on any atom is -0.486 e. The smallest absolute Gasteiger partial charge is 0.407 e. The van der Waals surface area contributed by atoms with Crippen LogP contribution in [0.25, 0.3) is 0 Å². The second kappa shape index (κ2) is 5.33. The van der Waals surface area contributed by atoms with E-state index < -0.39 is 5.60 Å². The Hall–Kier alpha value is -2.44. The number of carbonyl (C=O) groups excluding carboxylic acids is 2. The summed E-state index contributed by atoms with van der Waals surface area (Å²) < 4.78 is 16.5. The van der Waals surface area contributed by atoms with Gasteiger partial charge in [0.1, 0.15) is 18.8 Å². The van der Waals surface area contributed by atoms with Crippen LogP contribution in [0.15, 0.2) is 18.2 Å². The van der Waals surface area contributed by atoms with E-state index >= 15 is 0 Å². The summed E-state index contributed by atoms with van der Waals surface area (Å²) in [4.78, 5) is 25.9. The van der Waals surface area contributed by atoms with Gasteiger partial charge in [0.05, 0.1) is 12.1 Å². The number of rotatable bonds is 1. The van der Waals surface area contributed by atoms with Crippen LogP contribution >= 0.6 is 0 Å². The molecule has 0 radical (unpaired) electrons. The van der Waals surface area contributed by atoms with Gasteiger partial charge in [-0.3, -0.25) is 4.79 Å². The van der Waals surface area contributed by atoms with Crippen molar-refractivity contribution >= 4 is 12.0 Å². The number of fused-ring (bicyclic) bond motifs is 1. The van der Waals surface area contributed by atoms with Gasteiger partial charge in [-0.25, -0.2) is 4.79 Å². The lowest BCUT2D eigenvalue weighted by atomic mass is 9.91. The largest absolute Gasteiger partial charge is 0.486 e. The molecule has 1 aromatic rings. The molecule has 7 heteroatoms. The molecule has 3 aliphatic rings. The molecule has 0 aromatic heterocycles. The molecule has 122 valence electrons. The average molecular weight is 318 g/mol. The number of amides is 2. The minimum absolute atomic E-state index is 0.0699. The van der Waals surface area contributed by atoms with E-state index in [0.29, 0.717) is 62.8 Å². The van der Waals surface area contributed by atoms with Crippen molar-refractivity contribution < 1.29 is 23.8 Å². The third-order valence-electron chi connectivity index (χ3n) is 4.62. The molecule has 2 saturated heterocycles. The number of ether oxygens (including phenoxy) is 3. The van der Waals surface area contributed by atoms with E-state index in [4.69, 9.17) is 14.2 Å². The van der Waals surface area contributed by atoms with Gasteiger partial charge in [0.15, 0.2) is 11.5 Å². The van der Waals surface area contributed by atoms with Crippen molar-refractivity contribution in [2.75, 3.05) is 32.8 Å². The number of carbonyl (C=O) groups is 2. The molecule has 3 aliphatic heterocycles. The number of hydrogen-bond acceptors (Lipinski definition) is 5. The van der Waals surface area contributed by atoms with Crippen LogP contribution in [0.1, 0.15) is 23.2 Å². The Kier molecular flexibility index (Phi) is 3.28. The first-order chi connectivity index (χ1) is 11.2. The highest BCUT2D eigenvalue weighted by Crippen LogP contribution is 2.36. The summed E-state index contributed by atoms with van der Waals surface area (Å²) in [7, 11) is 0. The van der Waals surface area contributed by atoms with Gasteiger partial charge < -0.3 is 24.4 Å². The molecule has 1 N–H and O–H groups in total. The van der Waals surface area contributed by atoms with E-state index in [0.717, 1.165) is 0 Å². The van der Waals surface area contributed by atoms with Gasteiger partial charge in [0, 0.05) is 25.9 Å². The first-order valence-corrected chi connectivity index (χ1v) is 7.82. The van der Waals surface area contributed by atoms with Crippen molar-refractivity contribution in [1.29, 1.82) is 0 Å². The maximum atomic E-state index is 12.8. The molecule has 0 unspecified atom stereocenters. The molecule has 0 bridgehead atoms. The lowest BCUT2D eigenvalue weighted by Crippen LogP contribution is -2.48. The number of piperidine rings is 1. The van der Waals surface area contributed by atoms with Crippen LogP contribution in [0.5, 0.6) is 11.5 Å². The summed E-state index contributed by atoms with van der Waals surface area (Å²) in [6.07, 6.45) is 0.917. The van der Waals surface area contributed by atoms with Gasteiger partial charge in [-0.05, 0) is 12.1 Å². The third kappa shape index (κ3) is 2.46. The van der Waals surface area contributed by atoms with E-state index in [9.17, 15) is 9.59 Å². The lowest BCUT2D eigenvalue weighted by molar-refractivity contribution is 0.00315.